The second kappa shape index (κ2) is 11.7. The molecule has 214 valence electrons. The summed E-state index contributed by atoms with van der Waals surface area (Å²) in [6.45, 7) is 1.55. The molecule has 1 saturated carbocycles. The normalized spacial score (nSPS) is 21.2. The molecule has 41 heavy (non-hydrogen) atoms. The fourth-order valence-corrected chi connectivity index (χ4v) is 5.61. The number of methoxy groups -OCH3 is 1. The van der Waals surface area contributed by atoms with Crippen LogP contribution in [0.4, 0.5) is 10.5 Å². The predicted molar refractivity (Wildman–Crippen MR) is 157 cm³/mol. The van der Waals surface area contributed by atoms with Gasteiger partial charge in [0, 0.05) is 50.0 Å². The van der Waals surface area contributed by atoms with Crippen LogP contribution in [0.5, 0.6) is 5.75 Å². The van der Waals surface area contributed by atoms with Crippen molar-refractivity contribution in [1.29, 1.82) is 0 Å². The van der Waals surface area contributed by atoms with Crippen molar-refractivity contribution in [2.24, 2.45) is 7.05 Å². The van der Waals surface area contributed by atoms with Crippen molar-refractivity contribution in [3.05, 3.63) is 89.1 Å². The van der Waals surface area contributed by atoms with Gasteiger partial charge in [0.15, 0.2) is 0 Å². The number of benzene rings is 3. The fourth-order valence-electron chi connectivity index (χ4n) is 4.39. The maximum atomic E-state index is 13.1. The predicted octanol–water partition coefficient (Wildman–Crippen LogP) is 5.70. The topological polar surface area (TPSA) is 116 Å². The fraction of sp³-hybridized carbons (Fsp3) is 0.290. The zero-order chi connectivity index (χ0) is 37.9. The second-order valence-corrected chi connectivity index (χ2v) is 10.9. The zero-order valence-corrected chi connectivity index (χ0v) is 22.9. The first-order chi connectivity index (χ1) is 23.3. The number of anilines is 1. The first-order valence-electron chi connectivity index (χ1n) is 17.4. The minimum absolute atomic E-state index is 0.0131. The highest BCUT2D eigenvalue weighted by Gasteiger charge is 2.22. The number of aromatic nitrogens is 1. The van der Waals surface area contributed by atoms with Crippen LogP contribution in [-0.2, 0) is 28.2 Å². The summed E-state index contributed by atoms with van der Waals surface area (Å²) in [5.74, 6) is -1.68. The van der Waals surface area contributed by atoms with Crippen LogP contribution in [0.2, 0.25) is 0 Å². The summed E-state index contributed by atoms with van der Waals surface area (Å²) in [7, 11) is -5.81. The van der Waals surface area contributed by atoms with Crippen molar-refractivity contribution in [2.45, 2.75) is 49.9 Å². The van der Waals surface area contributed by atoms with E-state index >= 15 is 0 Å². The number of fused-ring (bicyclic) bond motifs is 1. The lowest BCUT2D eigenvalue weighted by Gasteiger charge is -2.13. The molecule has 1 aliphatic carbocycles. The minimum atomic E-state index is -4.33. The summed E-state index contributed by atoms with van der Waals surface area (Å²) >= 11 is 0. The molecule has 0 spiro atoms. The Morgan fingerprint density at radius 2 is 1.90 bits per heavy atom. The number of ether oxygens (including phenoxy) is 2. The first kappa shape index (κ1) is 18.2. The number of aryl methyl sites for hydroxylation is 2. The van der Waals surface area contributed by atoms with Crippen molar-refractivity contribution in [1.82, 2.24) is 9.29 Å². The molecule has 0 radical (unpaired) electrons. The van der Waals surface area contributed by atoms with Crippen molar-refractivity contribution in [2.75, 3.05) is 12.4 Å². The summed E-state index contributed by atoms with van der Waals surface area (Å²) in [4.78, 5) is 25.7. The van der Waals surface area contributed by atoms with Gasteiger partial charge in [0.05, 0.1) is 17.4 Å². The molecule has 4 aromatic rings. The van der Waals surface area contributed by atoms with Crippen molar-refractivity contribution >= 4 is 38.6 Å². The van der Waals surface area contributed by atoms with Crippen LogP contribution in [0, 0.1) is 6.92 Å². The third-order valence-corrected chi connectivity index (χ3v) is 7.89. The molecule has 0 aliphatic heterocycles. The minimum Gasteiger partial charge on any atom is -0.496 e. The maximum absolute atomic E-state index is 13.1. The molecule has 5 rings (SSSR count). The van der Waals surface area contributed by atoms with Crippen LogP contribution < -0.4 is 14.8 Å². The number of hydrogen-bond donors (Lipinski definition) is 2. The third-order valence-electron chi connectivity index (χ3n) is 6.40. The van der Waals surface area contributed by atoms with Gasteiger partial charge in [-0.05, 0) is 85.6 Å². The van der Waals surface area contributed by atoms with Crippen LogP contribution in [0.15, 0.2) is 71.8 Å². The second-order valence-electron chi connectivity index (χ2n) is 9.28. The summed E-state index contributed by atoms with van der Waals surface area (Å²) < 4.78 is 121. The molecule has 10 heteroatoms. The maximum Gasteiger partial charge on any atom is 0.411 e. The van der Waals surface area contributed by atoms with E-state index in [9.17, 15) is 18.0 Å². The van der Waals surface area contributed by atoms with Gasteiger partial charge in [-0.25, -0.2) is 17.9 Å². The van der Waals surface area contributed by atoms with E-state index in [1.54, 1.807) is 36.7 Å². The molecule has 1 aliphatic rings. The largest absolute Gasteiger partial charge is 0.496 e. The molecule has 1 fully saturated rings. The number of rotatable bonds is 8. The van der Waals surface area contributed by atoms with Gasteiger partial charge in [0.1, 0.15) is 11.8 Å². The van der Waals surface area contributed by atoms with E-state index in [1.807, 2.05) is 4.72 Å². The van der Waals surface area contributed by atoms with Gasteiger partial charge >= 0.3 is 6.09 Å². The molecule has 1 heterocycles. The van der Waals surface area contributed by atoms with Crippen LogP contribution in [0.3, 0.4) is 0 Å². The van der Waals surface area contributed by atoms with Crippen molar-refractivity contribution < 1.29 is 41.2 Å². The van der Waals surface area contributed by atoms with Crippen LogP contribution in [0.1, 0.15) is 66.3 Å². The van der Waals surface area contributed by atoms with Gasteiger partial charge in [0.2, 0.25) is 0 Å². The van der Waals surface area contributed by atoms with Crippen LogP contribution in [0.25, 0.3) is 10.9 Å². The monoisotopic (exact) mass is 585 g/mol. The standard InChI is InChI=1S/C31H33N3O6S/c1-20-8-4-7-11-29(20)41(37,38)33-30(35)22-13-12-21(28(17-22)39-3)16-23-19-34(2)27-15-14-24(18-26(23)27)32-31(36)40-25-9-5-6-10-25/h4,7-8,11-15,17-19,25H,5-6,9-10,16H2,1-3H3,(H,32,36)(H,33,35)/i3D3,5D2,6D2,16D2,25D. The molecular weight excluding hydrogens is 542 g/mol. The van der Waals surface area contributed by atoms with E-state index in [1.165, 1.54) is 30.5 Å². The van der Waals surface area contributed by atoms with E-state index in [4.69, 9.17) is 23.2 Å². The highest BCUT2D eigenvalue weighted by molar-refractivity contribution is 7.90. The Kier molecular flexibility index (Phi) is 5.17. The first-order valence-corrected chi connectivity index (χ1v) is 13.9. The molecule has 9 nitrogen and oxygen atoms in total. The number of sulfonamides is 1. The SMILES string of the molecule is [2H]C([2H])([2H])Oc1cc(C(=O)NS(=O)(=O)c2ccccc2C)ccc1C([2H])([2H])c1cn(C)c2ccc(NC(=O)OC3([2H])CC([2H])([2H])C([2H])([2H])C3)cc12. The highest BCUT2D eigenvalue weighted by atomic mass is 32.2. The molecule has 0 bridgehead atoms. The molecule has 0 unspecified atom stereocenters. The quantitative estimate of drug-likeness (QED) is 0.274. The Hall–Kier alpha value is -4.31. The van der Waals surface area contributed by atoms with E-state index in [0.29, 0.717) is 11.1 Å². The van der Waals surface area contributed by atoms with Gasteiger partial charge in [-0.15, -0.1) is 0 Å². The molecule has 1 aromatic heterocycles. The molecular formula is C31H33N3O6S. The summed E-state index contributed by atoms with van der Waals surface area (Å²) in [5.41, 5.74) is 0.288. The lowest BCUT2D eigenvalue weighted by atomic mass is 10.0. The molecule has 0 saturated heterocycles. The van der Waals surface area contributed by atoms with Crippen molar-refractivity contribution in [3.8, 4) is 5.75 Å². The number of hydrogen-bond acceptors (Lipinski definition) is 6. The van der Waals surface area contributed by atoms with E-state index in [-0.39, 0.29) is 32.7 Å². The number of nitrogens with one attached hydrogen (secondary N) is 2. The molecule has 3 aromatic carbocycles. The zero-order valence-electron chi connectivity index (χ0n) is 32.1. The van der Waals surface area contributed by atoms with Crippen molar-refractivity contribution in [3.63, 3.8) is 0 Å². The summed E-state index contributed by atoms with van der Waals surface area (Å²) in [6.07, 6.45) is -10.6. The van der Waals surface area contributed by atoms with E-state index < -0.39 is 72.9 Å². The van der Waals surface area contributed by atoms with Gasteiger partial charge in [-0.1, -0.05) is 24.3 Å². The number of carbonyl (C=O) groups is 2. The highest BCUT2D eigenvalue weighted by Crippen LogP contribution is 2.30. The van der Waals surface area contributed by atoms with Gasteiger partial charge in [-0.3, -0.25) is 10.1 Å². The Morgan fingerprint density at radius 1 is 1.12 bits per heavy atom. The molecule has 2 N–H and O–H groups in total. The number of carbonyl (C=O) groups excluding carboxylic acids is 2. The lowest BCUT2D eigenvalue weighted by molar-refractivity contribution is 0.0980. The Labute approximate surface area is 253 Å². The lowest BCUT2D eigenvalue weighted by Crippen LogP contribution is -2.31. The smallest absolute Gasteiger partial charge is 0.411 e. The number of nitrogens with zero attached hydrogens (tertiary/aromatic N) is 1. The van der Waals surface area contributed by atoms with E-state index in [2.05, 4.69) is 5.32 Å². The molecule has 2 amide bonds. The summed E-state index contributed by atoms with van der Waals surface area (Å²) in [5, 5.41) is 2.66. The Bertz CT molecular complexity index is 2140. The average Bonchev–Trinajstić information content (AvgIpc) is 3.39. The Morgan fingerprint density at radius 3 is 2.66 bits per heavy atom. The van der Waals surface area contributed by atoms with E-state index in [0.717, 1.165) is 18.2 Å². The van der Waals surface area contributed by atoms with Gasteiger partial charge < -0.3 is 14.0 Å². The van der Waals surface area contributed by atoms with Crippen LogP contribution in [-0.4, -0.2) is 38.1 Å². The average molecular weight is 586 g/mol. The van der Waals surface area contributed by atoms with Gasteiger partial charge in [0.25, 0.3) is 15.9 Å². The van der Waals surface area contributed by atoms with Crippen LogP contribution >= 0.6 is 0 Å². The molecule has 0 atom stereocenters. The Balaban J connectivity index is 1.47. The number of amides is 2. The third kappa shape index (κ3) is 6.22. The summed E-state index contributed by atoms with van der Waals surface area (Å²) in [6, 6.07) is 13.5. The van der Waals surface area contributed by atoms with Gasteiger partial charge in [-0.2, -0.15) is 0 Å².